The summed E-state index contributed by atoms with van der Waals surface area (Å²) >= 11 is 0. The average Bonchev–Trinajstić information content (AvgIpc) is 2.84. The van der Waals surface area contributed by atoms with Crippen molar-refractivity contribution in [3.05, 3.63) is 65.5 Å². The molecule has 2 aromatic carbocycles. The maximum absolute atomic E-state index is 13.7. The monoisotopic (exact) mass is 434 g/mol. The highest BCUT2D eigenvalue weighted by molar-refractivity contribution is 5.97. The lowest BCUT2D eigenvalue weighted by Crippen LogP contribution is -2.52. The highest BCUT2D eigenvalue weighted by Gasteiger charge is 2.36. The molecule has 3 nitrogen and oxygen atoms in total. The Morgan fingerprint density at radius 3 is 2.47 bits per heavy atom. The minimum Gasteiger partial charge on any atom is -0.308 e. The van der Waals surface area contributed by atoms with Crippen molar-refractivity contribution in [2.45, 2.75) is 69.7 Å². The second-order valence-electron chi connectivity index (χ2n) is 9.99. The van der Waals surface area contributed by atoms with Crippen LogP contribution in [0, 0.1) is 11.7 Å². The Labute approximate surface area is 191 Å². The fraction of sp³-hybridized carbons (Fsp3) is 0.536. The smallest absolute Gasteiger partial charge is 0.230 e. The van der Waals surface area contributed by atoms with E-state index in [0.717, 1.165) is 69.4 Å². The Bertz CT molecular complexity index is 931. The van der Waals surface area contributed by atoms with Crippen molar-refractivity contribution >= 4 is 11.6 Å². The van der Waals surface area contributed by atoms with E-state index >= 15 is 0 Å². The fourth-order valence-electron chi connectivity index (χ4n) is 6.13. The van der Waals surface area contributed by atoms with Crippen LogP contribution in [0.1, 0.15) is 68.4 Å². The molecule has 170 valence electrons. The maximum Gasteiger partial charge on any atom is 0.230 e. The van der Waals surface area contributed by atoms with Gasteiger partial charge < -0.3 is 9.80 Å². The van der Waals surface area contributed by atoms with Crippen molar-refractivity contribution in [2.75, 3.05) is 24.5 Å². The lowest BCUT2D eigenvalue weighted by atomic mass is 9.85. The SMILES string of the molecule is O=C(C1CCCCC1)N1c2ccccc2CCC1CN1CCC(c2cccc(F)c2)CC1. The van der Waals surface area contributed by atoms with E-state index in [-0.39, 0.29) is 17.8 Å². The molecule has 1 saturated carbocycles. The van der Waals surface area contributed by atoms with E-state index in [1.165, 1.54) is 30.9 Å². The van der Waals surface area contributed by atoms with E-state index in [9.17, 15) is 9.18 Å². The van der Waals surface area contributed by atoms with Gasteiger partial charge in [-0.2, -0.15) is 0 Å². The zero-order chi connectivity index (χ0) is 21.9. The first kappa shape index (κ1) is 21.6. The number of aryl methyl sites for hydroxylation is 1. The first-order valence-electron chi connectivity index (χ1n) is 12.6. The van der Waals surface area contributed by atoms with Crippen LogP contribution in [0.25, 0.3) is 0 Å². The first-order chi connectivity index (χ1) is 15.7. The van der Waals surface area contributed by atoms with Crippen molar-refractivity contribution in [2.24, 2.45) is 5.92 Å². The van der Waals surface area contributed by atoms with E-state index in [2.05, 4.69) is 40.1 Å². The van der Waals surface area contributed by atoms with E-state index < -0.39 is 0 Å². The summed E-state index contributed by atoms with van der Waals surface area (Å²) in [5.74, 6) is 0.851. The Morgan fingerprint density at radius 1 is 0.906 bits per heavy atom. The molecule has 1 amide bonds. The summed E-state index contributed by atoms with van der Waals surface area (Å²) in [4.78, 5) is 18.4. The number of carbonyl (C=O) groups is 1. The van der Waals surface area contributed by atoms with Gasteiger partial charge in [0.25, 0.3) is 0 Å². The Morgan fingerprint density at radius 2 is 1.69 bits per heavy atom. The van der Waals surface area contributed by atoms with Crippen LogP contribution in [0.2, 0.25) is 0 Å². The number of anilines is 1. The molecule has 0 bridgehead atoms. The van der Waals surface area contributed by atoms with Gasteiger partial charge in [-0.1, -0.05) is 49.6 Å². The number of hydrogen-bond donors (Lipinski definition) is 0. The standard InChI is InChI=1S/C28H35FN2O/c29-25-11-6-10-24(19-25)21-15-17-30(18-16-21)20-26-14-13-22-7-4-5-12-27(22)31(26)28(32)23-8-2-1-3-9-23/h4-7,10-12,19,21,23,26H,1-3,8-9,13-18,20H2. The van der Waals surface area contributed by atoms with Crippen LogP contribution >= 0.6 is 0 Å². The van der Waals surface area contributed by atoms with E-state index in [4.69, 9.17) is 0 Å². The molecule has 4 heteroatoms. The summed E-state index contributed by atoms with van der Waals surface area (Å²) in [6.07, 6.45) is 9.94. The number of carbonyl (C=O) groups excluding carboxylic acids is 1. The minimum absolute atomic E-state index is 0.136. The molecule has 2 aromatic rings. The van der Waals surface area contributed by atoms with E-state index in [1.54, 1.807) is 6.07 Å². The van der Waals surface area contributed by atoms with Crippen molar-refractivity contribution in [3.8, 4) is 0 Å². The summed E-state index contributed by atoms with van der Waals surface area (Å²) in [5.41, 5.74) is 3.59. The number of likely N-dealkylation sites (tertiary alicyclic amines) is 1. The third kappa shape index (κ3) is 4.61. The summed E-state index contributed by atoms with van der Waals surface area (Å²) in [6.45, 7) is 2.98. The minimum atomic E-state index is -0.136. The third-order valence-electron chi connectivity index (χ3n) is 7.93. The molecular weight excluding hydrogens is 399 g/mol. The molecule has 5 rings (SSSR count). The summed E-state index contributed by atoms with van der Waals surface area (Å²) in [5, 5.41) is 0. The van der Waals surface area contributed by atoms with Crippen LogP contribution in [0.15, 0.2) is 48.5 Å². The summed E-state index contributed by atoms with van der Waals surface area (Å²) < 4.78 is 13.7. The average molecular weight is 435 g/mol. The number of para-hydroxylation sites is 1. The number of fused-ring (bicyclic) bond motifs is 1. The Hall–Kier alpha value is -2.20. The Kier molecular flexibility index (Phi) is 6.59. The number of hydrogen-bond acceptors (Lipinski definition) is 2. The Balaban J connectivity index is 1.28. The molecular formula is C28H35FN2O. The van der Waals surface area contributed by atoms with Crippen LogP contribution in [-0.4, -0.2) is 36.5 Å². The molecule has 0 spiro atoms. The molecule has 1 unspecified atom stereocenters. The molecule has 3 aliphatic rings. The molecule has 32 heavy (non-hydrogen) atoms. The van der Waals surface area contributed by atoms with Gasteiger partial charge in [0.2, 0.25) is 5.91 Å². The van der Waals surface area contributed by atoms with Gasteiger partial charge in [-0.05, 0) is 86.9 Å². The number of nitrogens with zero attached hydrogens (tertiary/aromatic N) is 2. The van der Waals surface area contributed by atoms with E-state index in [0.29, 0.717) is 11.8 Å². The zero-order valence-electron chi connectivity index (χ0n) is 19.0. The second kappa shape index (κ2) is 9.74. The first-order valence-corrected chi connectivity index (χ1v) is 12.6. The molecule has 0 N–H and O–H groups in total. The molecule has 2 aliphatic heterocycles. The molecule has 2 heterocycles. The van der Waals surface area contributed by atoms with Gasteiger partial charge in [0, 0.05) is 24.2 Å². The topological polar surface area (TPSA) is 23.6 Å². The van der Waals surface area contributed by atoms with Gasteiger partial charge in [0.05, 0.1) is 0 Å². The lowest BCUT2D eigenvalue weighted by molar-refractivity contribution is -0.124. The molecule has 1 saturated heterocycles. The van der Waals surface area contributed by atoms with Gasteiger partial charge in [0.1, 0.15) is 5.82 Å². The highest BCUT2D eigenvalue weighted by Crippen LogP contribution is 2.36. The molecule has 0 aromatic heterocycles. The quantitative estimate of drug-likeness (QED) is 0.595. The van der Waals surface area contributed by atoms with Crippen molar-refractivity contribution < 1.29 is 9.18 Å². The molecule has 1 atom stereocenters. The summed E-state index contributed by atoms with van der Waals surface area (Å²) in [6, 6.07) is 15.9. The van der Waals surface area contributed by atoms with Gasteiger partial charge in [-0.15, -0.1) is 0 Å². The van der Waals surface area contributed by atoms with Crippen molar-refractivity contribution in [3.63, 3.8) is 0 Å². The fourth-order valence-corrected chi connectivity index (χ4v) is 6.13. The lowest BCUT2D eigenvalue weighted by Gasteiger charge is -2.43. The van der Waals surface area contributed by atoms with Crippen LogP contribution in [0.3, 0.4) is 0 Å². The van der Waals surface area contributed by atoms with Crippen molar-refractivity contribution in [1.82, 2.24) is 4.90 Å². The molecule has 1 aliphatic carbocycles. The van der Waals surface area contributed by atoms with Gasteiger partial charge >= 0.3 is 0 Å². The van der Waals surface area contributed by atoms with Crippen LogP contribution < -0.4 is 4.90 Å². The highest BCUT2D eigenvalue weighted by atomic mass is 19.1. The number of piperidine rings is 1. The third-order valence-corrected chi connectivity index (χ3v) is 7.93. The van der Waals surface area contributed by atoms with Gasteiger partial charge in [-0.25, -0.2) is 4.39 Å². The largest absolute Gasteiger partial charge is 0.308 e. The normalized spacial score (nSPS) is 23.2. The predicted molar refractivity (Wildman–Crippen MR) is 127 cm³/mol. The van der Waals surface area contributed by atoms with Gasteiger partial charge in [0.15, 0.2) is 0 Å². The summed E-state index contributed by atoms with van der Waals surface area (Å²) in [7, 11) is 0. The number of rotatable bonds is 4. The number of benzene rings is 2. The predicted octanol–water partition coefficient (Wildman–Crippen LogP) is 5.93. The van der Waals surface area contributed by atoms with Crippen LogP contribution in [0.4, 0.5) is 10.1 Å². The van der Waals surface area contributed by atoms with Gasteiger partial charge in [-0.3, -0.25) is 4.79 Å². The molecule has 2 fully saturated rings. The maximum atomic E-state index is 13.7. The van der Waals surface area contributed by atoms with Crippen LogP contribution in [0.5, 0.6) is 0 Å². The van der Waals surface area contributed by atoms with E-state index in [1.807, 2.05) is 6.07 Å². The second-order valence-corrected chi connectivity index (χ2v) is 9.99. The number of amides is 1. The van der Waals surface area contributed by atoms with Crippen molar-refractivity contribution in [1.29, 1.82) is 0 Å². The number of halogens is 1. The van der Waals surface area contributed by atoms with Crippen LogP contribution in [-0.2, 0) is 11.2 Å². The molecule has 0 radical (unpaired) electrons. The zero-order valence-corrected chi connectivity index (χ0v) is 19.0.